The highest BCUT2D eigenvalue weighted by molar-refractivity contribution is 7.09. The van der Waals surface area contributed by atoms with Crippen LogP contribution in [0.5, 0.6) is 0 Å². The van der Waals surface area contributed by atoms with Gasteiger partial charge in [0.05, 0.1) is 5.69 Å². The molecule has 2 aromatic heterocycles. The lowest BCUT2D eigenvalue weighted by Gasteiger charge is -2.19. The van der Waals surface area contributed by atoms with Crippen LogP contribution < -0.4 is 5.32 Å². The molecule has 0 aromatic carbocycles. The van der Waals surface area contributed by atoms with Gasteiger partial charge in [-0.15, -0.1) is 11.3 Å². The van der Waals surface area contributed by atoms with Crippen molar-refractivity contribution in [1.82, 2.24) is 15.3 Å². The Morgan fingerprint density at radius 3 is 3.11 bits per heavy atom. The third kappa shape index (κ3) is 2.85. The van der Waals surface area contributed by atoms with Gasteiger partial charge < -0.3 is 5.32 Å². The van der Waals surface area contributed by atoms with Crippen LogP contribution in [0.1, 0.15) is 41.0 Å². The van der Waals surface area contributed by atoms with Crippen molar-refractivity contribution in [2.45, 2.75) is 39.2 Å². The average Bonchev–Trinajstić information content (AvgIpc) is 2.92. The average molecular weight is 273 g/mol. The standard InChI is InChI=1S/C15H19N3S/c1-2-4-13-12-6-7-16-10-14(12)18-15(17-13)9-11-5-3-8-19-11/h3,5,8,16H,2,4,6-7,9-10H2,1H3. The molecule has 1 N–H and O–H groups in total. The largest absolute Gasteiger partial charge is 0.311 e. The number of thiophene rings is 1. The van der Waals surface area contributed by atoms with Crippen LogP contribution in [0.4, 0.5) is 0 Å². The molecule has 3 nitrogen and oxygen atoms in total. The predicted molar refractivity (Wildman–Crippen MR) is 78.6 cm³/mol. The van der Waals surface area contributed by atoms with Gasteiger partial charge in [0.1, 0.15) is 5.82 Å². The van der Waals surface area contributed by atoms with Crippen LogP contribution >= 0.6 is 11.3 Å². The number of aryl methyl sites for hydroxylation is 1. The molecule has 4 heteroatoms. The molecular weight excluding hydrogens is 254 g/mol. The fourth-order valence-corrected chi connectivity index (χ4v) is 3.29. The highest BCUT2D eigenvalue weighted by Gasteiger charge is 2.17. The highest BCUT2D eigenvalue weighted by atomic mass is 32.1. The SMILES string of the molecule is CCCc1nc(Cc2cccs2)nc2c1CCNC2. The topological polar surface area (TPSA) is 37.8 Å². The lowest BCUT2D eigenvalue weighted by atomic mass is 10.0. The lowest BCUT2D eigenvalue weighted by Crippen LogP contribution is -2.27. The Bertz CT molecular complexity index is 549. The van der Waals surface area contributed by atoms with Gasteiger partial charge in [-0.25, -0.2) is 9.97 Å². The van der Waals surface area contributed by atoms with E-state index in [0.29, 0.717) is 0 Å². The van der Waals surface area contributed by atoms with Gasteiger partial charge >= 0.3 is 0 Å². The number of hydrogen-bond acceptors (Lipinski definition) is 4. The van der Waals surface area contributed by atoms with Crippen LogP contribution in [0, 0.1) is 0 Å². The van der Waals surface area contributed by atoms with Gasteiger partial charge in [0.2, 0.25) is 0 Å². The molecule has 0 bridgehead atoms. The summed E-state index contributed by atoms with van der Waals surface area (Å²) in [6.45, 7) is 4.16. The molecule has 0 aliphatic carbocycles. The summed E-state index contributed by atoms with van der Waals surface area (Å²) in [5.74, 6) is 0.980. The Kier molecular flexibility index (Phi) is 3.89. The maximum absolute atomic E-state index is 4.82. The molecule has 100 valence electrons. The first kappa shape index (κ1) is 12.8. The molecule has 1 aliphatic heterocycles. The number of fused-ring (bicyclic) bond motifs is 1. The van der Waals surface area contributed by atoms with Crippen LogP contribution in [0.2, 0.25) is 0 Å². The molecule has 19 heavy (non-hydrogen) atoms. The summed E-state index contributed by atoms with van der Waals surface area (Å²) in [6.07, 6.45) is 4.16. The van der Waals surface area contributed by atoms with E-state index in [-0.39, 0.29) is 0 Å². The van der Waals surface area contributed by atoms with Gasteiger partial charge in [0.25, 0.3) is 0 Å². The normalized spacial score (nSPS) is 14.4. The van der Waals surface area contributed by atoms with Gasteiger partial charge in [-0.3, -0.25) is 0 Å². The van der Waals surface area contributed by atoms with E-state index >= 15 is 0 Å². The lowest BCUT2D eigenvalue weighted by molar-refractivity contribution is 0.607. The van der Waals surface area contributed by atoms with Gasteiger partial charge in [-0.1, -0.05) is 19.4 Å². The van der Waals surface area contributed by atoms with Gasteiger partial charge in [-0.2, -0.15) is 0 Å². The molecule has 3 heterocycles. The summed E-state index contributed by atoms with van der Waals surface area (Å²) in [4.78, 5) is 10.9. The fraction of sp³-hybridized carbons (Fsp3) is 0.467. The zero-order chi connectivity index (χ0) is 13.1. The summed E-state index contributed by atoms with van der Waals surface area (Å²) < 4.78 is 0. The second-order valence-electron chi connectivity index (χ2n) is 4.94. The Morgan fingerprint density at radius 2 is 2.32 bits per heavy atom. The molecule has 1 aliphatic rings. The maximum atomic E-state index is 4.82. The molecule has 2 aromatic rings. The first-order valence-corrected chi connectivity index (χ1v) is 7.85. The first-order chi connectivity index (χ1) is 9.36. The third-order valence-electron chi connectivity index (χ3n) is 3.47. The Balaban J connectivity index is 1.94. The van der Waals surface area contributed by atoms with Crippen molar-refractivity contribution in [1.29, 1.82) is 0 Å². The molecule has 0 atom stereocenters. The minimum atomic E-state index is 0.863. The van der Waals surface area contributed by atoms with E-state index in [2.05, 4.69) is 29.8 Å². The van der Waals surface area contributed by atoms with E-state index in [9.17, 15) is 0 Å². The summed E-state index contributed by atoms with van der Waals surface area (Å²) in [7, 11) is 0. The zero-order valence-electron chi connectivity index (χ0n) is 11.3. The van der Waals surface area contributed by atoms with Crippen molar-refractivity contribution in [3.63, 3.8) is 0 Å². The van der Waals surface area contributed by atoms with Gasteiger partial charge in [-0.05, 0) is 36.4 Å². The fourth-order valence-electron chi connectivity index (χ4n) is 2.58. The van der Waals surface area contributed by atoms with E-state index in [1.807, 2.05) is 0 Å². The van der Waals surface area contributed by atoms with E-state index in [4.69, 9.17) is 9.97 Å². The second kappa shape index (κ2) is 5.80. The smallest absolute Gasteiger partial charge is 0.134 e. The third-order valence-corrected chi connectivity index (χ3v) is 4.34. The van der Waals surface area contributed by atoms with Crippen LogP contribution in [-0.2, 0) is 25.8 Å². The first-order valence-electron chi connectivity index (χ1n) is 6.97. The summed E-state index contributed by atoms with van der Waals surface area (Å²) >= 11 is 1.78. The van der Waals surface area contributed by atoms with Crippen molar-refractivity contribution < 1.29 is 0 Å². The van der Waals surface area contributed by atoms with Crippen LogP contribution in [0.3, 0.4) is 0 Å². The molecule has 3 rings (SSSR count). The van der Waals surface area contributed by atoms with Crippen molar-refractivity contribution in [3.8, 4) is 0 Å². The molecule has 0 saturated carbocycles. The molecular formula is C15H19N3S. The zero-order valence-corrected chi connectivity index (χ0v) is 12.1. The van der Waals surface area contributed by atoms with E-state index in [0.717, 1.165) is 44.6 Å². The van der Waals surface area contributed by atoms with Crippen LogP contribution in [0.25, 0.3) is 0 Å². The van der Waals surface area contributed by atoms with Gasteiger partial charge in [0.15, 0.2) is 0 Å². The molecule has 0 radical (unpaired) electrons. The molecule has 0 amide bonds. The highest BCUT2D eigenvalue weighted by Crippen LogP contribution is 2.19. The maximum Gasteiger partial charge on any atom is 0.134 e. The van der Waals surface area contributed by atoms with Crippen molar-refractivity contribution in [2.24, 2.45) is 0 Å². The quantitative estimate of drug-likeness (QED) is 0.931. The molecule has 0 saturated heterocycles. The van der Waals surface area contributed by atoms with Crippen LogP contribution in [0.15, 0.2) is 17.5 Å². The van der Waals surface area contributed by atoms with Crippen molar-refractivity contribution >= 4 is 11.3 Å². The van der Waals surface area contributed by atoms with Crippen molar-refractivity contribution in [3.05, 3.63) is 45.2 Å². The van der Waals surface area contributed by atoms with Gasteiger partial charge in [0, 0.05) is 23.5 Å². The van der Waals surface area contributed by atoms with E-state index < -0.39 is 0 Å². The van der Waals surface area contributed by atoms with E-state index in [1.54, 1.807) is 11.3 Å². The minimum absolute atomic E-state index is 0.863. The number of rotatable bonds is 4. The number of hydrogen-bond donors (Lipinski definition) is 1. The van der Waals surface area contributed by atoms with Crippen molar-refractivity contribution in [2.75, 3.05) is 6.54 Å². The van der Waals surface area contributed by atoms with Crippen LogP contribution in [-0.4, -0.2) is 16.5 Å². The summed E-state index contributed by atoms with van der Waals surface area (Å²) in [5, 5.41) is 5.52. The molecule has 0 fully saturated rings. The number of nitrogens with zero attached hydrogens (tertiary/aromatic N) is 2. The Morgan fingerprint density at radius 1 is 1.37 bits per heavy atom. The monoisotopic (exact) mass is 273 g/mol. The number of aromatic nitrogens is 2. The summed E-state index contributed by atoms with van der Waals surface area (Å²) in [6, 6.07) is 4.25. The predicted octanol–water partition coefficient (Wildman–Crippen LogP) is 2.73. The minimum Gasteiger partial charge on any atom is -0.311 e. The number of nitrogens with one attached hydrogen (secondary N) is 1. The second-order valence-corrected chi connectivity index (χ2v) is 5.98. The molecule has 0 unspecified atom stereocenters. The Hall–Kier alpha value is -1.26. The Labute approximate surface area is 118 Å². The summed E-state index contributed by atoms with van der Waals surface area (Å²) in [5.41, 5.74) is 3.90. The molecule has 0 spiro atoms. The van der Waals surface area contributed by atoms with E-state index in [1.165, 1.54) is 21.8 Å².